The Labute approximate surface area is 137 Å². The van der Waals surface area contributed by atoms with Crippen LogP contribution < -0.4 is 10.9 Å². The molecular formula is C17H28N4O2. The smallest absolute Gasteiger partial charge is 0.271 e. The highest BCUT2D eigenvalue weighted by atomic mass is 16.2. The van der Waals surface area contributed by atoms with Crippen LogP contribution in [0.1, 0.15) is 56.4 Å². The zero-order chi connectivity index (χ0) is 16.7. The lowest BCUT2D eigenvalue weighted by atomic mass is 10.0. The van der Waals surface area contributed by atoms with Gasteiger partial charge in [-0.15, -0.1) is 0 Å². The summed E-state index contributed by atoms with van der Waals surface area (Å²) in [7, 11) is 0. The van der Waals surface area contributed by atoms with Crippen LogP contribution >= 0.6 is 0 Å². The van der Waals surface area contributed by atoms with Gasteiger partial charge in [0.25, 0.3) is 11.5 Å². The highest BCUT2D eigenvalue weighted by Crippen LogP contribution is 2.11. The molecule has 0 spiro atoms. The normalized spacial score (nSPS) is 16.4. The zero-order valence-corrected chi connectivity index (χ0v) is 14.3. The molecule has 1 N–H and O–H groups in total. The second-order valence-corrected chi connectivity index (χ2v) is 6.22. The molecule has 0 aromatic carbocycles. The maximum atomic E-state index is 12.4. The van der Waals surface area contributed by atoms with Crippen LogP contribution in [0.25, 0.3) is 0 Å². The summed E-state index contributed by atoms with van der Waals surface area (Å²) in [6.45, 7) is 8.00. The van der Waals surface area contributed by atoms with Crippen LogP contribution in [0, 0.1) is 0 Å². The van der Waals surface area contributed by atoms with E-state index >= 15 is 0 Å². The van der Waals surface area contributed by atoms with E-state index in [1.54, 1.807) is 0 Å². The van der Waals surface area contributed by atoms with Gasteiger partial charge in [0, 0.05) is 31.7 Å². The number of unbranched alkanes of at least 4 members (excludes halogenated alkanes) is 1. The average molecular weight is 320 g/mol. The van der Waals surface area contributed by atoms with Crippen molar-refractivity contribution < 1.29 is 4.79 Å². The first-order chi connectivity index (χ1) is 11.1. The molecule has 0 bridgehead atoms. The number of nitrogens with zero attached hydrogens (tertiary/aromatic N) is 3. The molecular weight excluding hydrogens is 292 g/mol. The minimum Gasteiger partial charge on any atom is -0.348 e. The molecule has 2 rings (SSSR count). The third kappa shape index (κ3) is 5.16. The van der Waals surface area contributed by atoms with Crippen molar-refractivity contribution in [2.24, 2.45) is 0 Å². The fourth-order valence-corrected chi connectivity index (χ4v) is 2.91. The Hall–Kier alpha value is -1.69. The summed E-state index contributed by atoms with van der Waals surface area (Å²) >= 11 is 0. The summed E-state index contributed by atoms with van der Waals surface area (Å²) in [5.74, 6) is -0.177. The van der Waals surface area contributed by atoms with Gasteiger partial charge in [-0.25, -0.2) is 4.68 Å². The maximum absolute atomic E-state index is 12.4. The molecule has 0 saturated carbocycles. The molecule has 1 aliphatic rings. The van der Waals surface area contributed by atoms with Gasteiger partial charge in [-0.1, -0.05) is 20.3 Å². The van der Waals surface area contributed by atoms with Crippen molar-refractivity contribution in [3.63, 3.8) is 0 Å². The molecule has 23 heavy (non-hydrogen) atoms. The van der Waals surface area contributed by atoms with Crippen LogP contribution in [-0.4, -0.2) is 46.3 Å². The first-order valence-corrected chi connectivity index (χ1v) is 8.75. The van der Waals surface area contributed by atoms with Gasteiger partial charge < -0.3 is 10.2 Å². The Morgan fingerprint density at radius 1 is 1.22 bits per heavy atom. The third-order valence-electron chi connectivity index (χ3n) is 4.29. The van der Waals surface area contributed by atoms with Crippen LogP contribution in [0.5, 0.6) is 0 Å². The third-order valence-corrected chi connectivity index (χ3v) is 4.29. The van der Waals surface area contributed by atoms with Crippen molar-refractivity contribution >= 4 is 5.91 Å². The number of likely N-dealkylation sites (tertiary alicyclic amines) is 1. The number of piperidine rings is 1. The van der Waals surface area contributed by atoms with Crippen LogP contribution in [0.4, 0.5) is 0 Å². The van der Waals surface area contributed by atoms with Crippen molar-refractivity contribution in [2.75, 3.05) is 19.6 Å². The maximum Gasteiger partial charge on any atom is 0.271 e. The van der Waals surface area contributed by atoms with Crippen molar-refractivity contribution in [1.29, 1.82) is 0 Å². The molecule has 1 amide bonds. The molecule has 6 nitrogen and oxygen atoms in total. The van der Waals surface area contributed by atoms with Crippen molar-refractivity contribution in [2.45, 2.75) is 58.5 Å². The predicted octanol–water partition coefficient (Wildman–Crippen LogP) is 1.65. The van der Waals surface area contributed by atoms with Crippen molar-refractivity contribution in [3.05, 3.63) is 28.2 Å². The summed E-state index contributed by atoms with van der Waals surface area (Å²) in [6.07, 6.45) is 4.98. The Bertz CT molecular complexity index is 562. The van der Waals surface area contributed by atoms with Gasteiger partial charge in [-0.05, 0) is 38.3 Å². The van der Waals surface area contributed by atoms with Gasteiger partial charge in [-0.3, -0.25) is 9.59 Å². The second kappa shape index (κ2) is 8.82. The Balaban J connectivity index is 1.92. The number of carbonyl (C=O) groups excluding carboxylic acids is 1. The van der Waals surface area contributed by atoms with E-state index in [1.165, 1.54) is 23.2 Å². The molecule has 0 aliphatic carbocycles. The SMILES string of the molecule is CCCCn1nc(C(=O)NC2CCN(CCC)CC2)ccc1=O. The lowest BCUT2D eigenvalue weighted by molar-refractivity contribution is 0.0903. The summed E-state index contributed by atoms with van der Waals surface area (Å²) < 4.78 is 1.39. The molecule has 1 aromatic rings. The highest BCUT2D eigenvalue weighted by Gasteiger charge is 2.21. The molecule has 2 heterocycles. The number of aryl methyl sites for hydroxylation is 1. The minimum absolute atomic E-state index is 0.150. The summed E-state index contributed by atoms with van der Waals surface area (Å²) in [5, 5.41) is 7.26. The van der Waals surface area contributed by atoms with Crippen LogP contribution in [0.2, 0.25) is 0 Å². The van der Waals surface area contributed by atoms with E-state index in [2.05, 4.69) is 29.2 Å². The first-order valence-electron chi connectivity index (χ1n) is 8.75. The highest BCUT2D eigenvalue weighted by molar-refractivity contribution is 5.92. The molecule has 1 fully saturated rings. The number of amides is 1. The van der Waals surface area contributed by atoms with Crippen LogP contribution in [0.3, 0.4) is 0 Å². The lowest BCUT2D eigenvalue weighted by Crippen LogP contribution is -2.45. The van der Waals surface area contributed by atoms with E-state index in [1.807, 2.05) is 0 Å². The number of hydrogen-bond acceptors (Lipinski definition) is 4. The lowest BCUT2D eigenvalue weighted by Gasteiger charge is -2.31. The van der Waals surface area contributed by atoms with Crippen LogP contribution in [-0.2, 0) is 6.54 Å². The summed E-state index contributed by atoms with van der Waals surface area (Å²) in [4.78, 5) is 26.5. The average Bonchev–Trinajstić information content (AvgIpc) is 2.56. The number of rotatable bonds is 7. The van der Waals surface area contributed by atoms with Crippen LogP contribution in [0.15, 0.2) is 16.9 Å². The Morgan fingerprint density at radius 3 is 2.61 bits per heavy atom. The van der Waals surface area contributed by atoms with Gasteiger partial charge in [0.1, 0.15) is 5.69 Å². The summed E-state index contributed by atoms with van der Waals surface area (Å²) in [6, 6.07) is 3.15. The van der Waals surface area contributed by atoms with E-state index in [-0.39, 0.29) is 17.5 Å². The van der Waals surface area contributed by atoms with E-state index in [9.17, 15) is 9.59 Å². The number of nitrogens with one attached hydrogen (secondary N) is 1. The van der Waals surface area contributed by atoms with E-state index in [0.717, 1.165) is 45.3 Å². The molecule has 1 saturated heterocycles. The molecule has 0 unspecified atom stereocenters. The standard InChI is InChI=1S/C17H28N4O2/c1-3-5-11-21-16(22)7-6-15(19-21)17(23)18-14-8-12-20(10-4-2)13-9-14/h6-7,14H,3-5,8-13H2,1-2H3,(H,18,23). The quantitative estimate of drug-likeness (QED) is 0.829. The monoisotopic (exact) mass is 320 g/mol. The molecule has 1 aliphatic heterocycles. The fraction of sp³-hybridized carbons (Fsp3) is 0.706. The van der Waals surface area contributed by atoms with Gasteiger partial charge >= 0.3 is 0 Å². The van der Waals surface area contributed by atoms with Gasteiger partial charge in [0.15, 0.2) is 0 Å². The summed E-state index contributed by atoms with van der Waals surface area (Å²) in [5.41, 5.74) is 0.180. The molecule has 0 atom stereocenters. The van der Waals surface area contributed by atoms with E-state index < -0.39 is 0 Å². The van der Waals surface area contributed by atoms with Gasteiger partial charge in [0.05, 0.1) is 0 Å². The molecule has 0 radical (unpaired) electrons. The number of carbonyl (C=O) groups is 1. The Morgan fingerprint density at radius 2 is 1.96 bits per heavy atom. The van der Waals surface area contributed by atoms with Crippen molar-refractivity contribution in [1.82, 2.24) is 20.0 Å². The minimum atomic E-state index is -0.177. The first kappa shape index (κ1) is 17.7. The van der Waals surface area contributed by atoms with E-state index in [0.29, 0.717) is 12.2 Å². The molecule has 6 heteroatoms. The number of aromatic nitrogens is 2. The largest absolute Gasteiger partial charge is 0.348 e. The molecule has 1 aromatic heterocycles. The zero-order valence-electron chi connectivity index (χ0n) is 14.3. The fourth-order valence-electron chi connectivity index (χ4n) is 2.91. The number of hydrogen-bond donors (Lipinski definition) is 1. The Kier molecular flexibility index (Phi) is 6.77. The topological polar surface area (TPSA) is 67.2 Å². The van der Waals surface area contributed by atoms with E-state index in [4.69, 9.17) is 0 Å². The van der Waals surface area contributed by atoms with Gasteiger partial charge in [-0.2, -0.15) is 5.10 Å². The second-order valence-electron chi connectivity index (χ2n) is 6.22. The van der Waals surface area contributed by atoms with Crippen molar-refractivity contribution in [3.8, 4) is 0 Å². The predicted molar refractivity (Wildman–Crippen MR) is 90.6 cm³/mol. The molecule has 128 valence electrons. The van der Waals surface area contributed by atoms with Gasteiger partial charge in [0.2, 0.25) is 0 Å².